The van der Waals surface area contributed by atoms with Crippen molar-refractivity contribution in [3.63, 3.8) is 0 Å². The summed E-state index contributed by atoms with van der Waals surface area (Å²) in [6.45, 7) is 5.53. The summed E-state index contributed by atoms with van der Waals surface area (Å²) in [6, 6.07) is 0. The van der Waals surface area contributed by atoms with Crippen molar-refractivity contribution in [3.05, 3.63) is 0 Å². The first-order chi connectivity index (χ1) is 7.93. The van der Waals surface area contributed by atoms with Crippen LogP contribution < -0.4 is 0 Å². The molecular weight excluding hydrogens is 242 g/mol. The Bertz CT molecular complexity index is 295. The number of sulfonamides is 1. The van der Waals surface area contributed by atoms with Crippen LogP contribution in [0.1, 0.15) is 26.7 Å². The number of hydrogen-bond acceptors (Lipinski definition) is 4. The van der Waals surface area contributed by atoms with E-state index in [0.717, 1.165) is 0 Å². The Hall–Kier alpha value is -0.170. The van der Waals surface area contributed by atoms with Crippen LogP contribution in [0.2, 0.25) is 0 Å². The molecule has 1 saturated heterocycles. The van der Waals surface area contributed by atoms with E-state index in [1.165, 1.54) is 10.6 Å². The fourth-order valence-electron chi connectivity index (χ4n) is 1.90. The van der Waals surface area contributed by atoms with Gasteiger partial charge in [0.25, 0.3) is 0 Å². The molecule has 0 aliphatic carbocycles. The van der Waals surface area contributed by atoms with Crippen LogP contribution in [-0.2, 0) is 19.5 Å². The van der Waals surface area contributed by atoms with Crippen LogP contribution >= 0.6 is 0 Å². The maximum Gasteiger partial charge on any atom is 0.211 e. The summed E-state index contributed by atoms with van der Waals surface area (Å²) in [5, 5.41) is 0. The molecule has 1 rings (SSSR count). The third-order valence-corrected chi connectivity index (χ3v) is 4.25. The number of rotatable bonds is 4. The van der Waals surface area contributed by atoms with Crippen LogP contribution in [0.5, 0.6) is 0 Å². The molecule has 1 fully saturated rings. The van der Waals surface area contributed by atoms with Crippen molar-refractivity contribution in [1.29, 1.82) is 0 Å². The maximum atomic E-state index is 11.3. The highest BCUT2D eigenvalue weighted by Gasteiger charge is 2.36. The summed E-state index contributed by atoms with van der Waals surface area (Å²) in [6.07, 6.45) is 2.61. The van der Waals surface area contributed by atoms with E-state index in [2.05, 4.69) is 0 Å². The quantitative estimate of drug-likeness (QED) is 0.765. The van der Waals surface area contributed by atoms with Crippen LogP contribution in [-0.4, -0.2) is 58.5 Å². The Kier molecular flexibility index (Phi) is 7.23. The van der Waals surface area contributed by atoms with Gasteiger partial charge in [0.05, 0.1) is 18.5 Å². The Morgan fingerprint density at radius 2 is 1.65 bits per heavy atom. The second-order valence-corrected chi connectivity index (χ2v) is 5.96. The third kappa shape index (κ3) is 4.91. The SMILES string of the molecule is CC.COCC1(OC)CCN(S(C)(=O)=O)CC1. The Morgan fingerprint density at radius 1 is 1.18 bits per heavy atom. The van der Waals surface area contributed by atoms with Gasteiger partial charge in [0.15, 0.2) is 0 Å². The van der Waals surface area contributed by atoms with E-state index in [1.807, 2.05) is 13.8 Å². The minimum Gasteiger partial charge on any atom is -0.382 e. The third-order valence-electron chi connectivity index (χ3n) is 2.94. The molecule has 0 N–H and O–H groups in total. The molecule has 0 aromatic rings. The molecule has 1 aliphatic heterocycles. The first kappa shape index (κ1) is 16.8. The van der Waals surface area contributed by atoms with Crippen molar-refractivity contribution in [2.45, 2.75) is 32.3 Å². The fraction of sp³-hybridized carbons (Fsp3) is 1.00. The van der Waals surface area contributed by atoms with Gasteiger partial charge in [0.1, 0.15) is 0 Å². The summed E-state index contributed by atoms with van der Waals surface area (Å²) in [7, 11) is 0.214. The highest BCUT2D eigenvalue weighted by Crippen LogP contribution is 2.27. The number of piperidine rings is 1. The second-order valence-electron chi connectivity index (χ2n) is 3.98. The molecule has 0 radical (unpaired) electrons. The van der Waals surface area contributed by atoms with Crippen molar-refractivity contribution >= 4 is 10.0 Å². The molecule has 1 aliphatic rings. The van der Waals surface area contributed by atoms with E-state index < -0.39 is 10.0 Å². The number of nitrogens with zero attached hydrogens (tertiary/aromatic N) is 1. The molecular formula is C11H25NO4S. The minimum absolute atomic E-state index is 0.310. The summed E-state index contributed by atoms with van der Waals surface area (Å²) in [5.74, 6) is 0. The number of ether oxygens (including phenoxy) is 2. The molecule has 0 aromatic heterocycles. The minimum atomic E-state index is -3.06. The average molecular weight is 267 g/mol. The zero-order chi connectivity index (χ0) is 13.5. The van der Waals surface area contributed by atoms with Crippen LogP contribution in [0.3, 0.4) is 0 Å². The van der Waals surface area contributed by atoms with Gasteiger partial charge >= 0.3 is 0 Å². The van der Waals surface area contributed by atoms with Crippen molar-refractivity contribution in [1.82, 2.24) is 4.31 Å². The van der Waals surface area contributed by atoms with Gasteiger partial charge in [0.2, 0.25) is 10.0 Å². The monoisotopic (exact) mass is 267 g/mol. The van der Waals surface area contributed by atoms with Gasteiger partial charge in [-0.2, -0.15) is 0 Å². The topological polar surface area (TPSA) is 55.8 Å². The largest absolute Gasteiger partial charge is 0.382 e. The molecule has 6 heteroatoms. The van der Waals surface area contributed by atoms with Crippen molar-refractivity contribution in [3.8, 4) is 0 Å². The zero-order valence-corrected chi connectivity index (χ0v) is 12.3. The highest BCUT2D eigenvalue weighted by molar-refractivity contribution is 7.88. The van der Waals surface area contributed by atoms with E-state index in [1.54, 1.807) is 14.2 Å². The second kappa shape index (κ2) is 7.31. The molecule has 17 heavy (non-hydrogen) atoms. The zero-order valence-electron chi connectivity index (χ0n) is 11.5. The van der Waals surface area contributed by atoms with Gasteiger partial charge in [0, 0.05) is 27.3 Å². The van der Waals surface area contributed by atoms with Crippen LogP contribution in [0.25, 0.3) is 0 Å². The van der Waals surface area contributed by atoms with Gasteiger partial charge in [-0.15, -0.1) is 0 Å². The molecule has 0 atom stereocenters. The summed E-state index contributed by atoms with van der Waals surface area (Å²) < 4.78 is 34.6. The van der Waals surface area contributed by atoms with Crippen LogP contribution in [0, 0.1) is 0 Å². The normalized spacial score (nSPS) is 20.5. The lowest BCUT2D eigenvalue weighted by molar-refractivity contribution is -0.0898. The maximum absolute atomic E-state index is 11.3. The molecule has 104 valence electrons. The summed E-state index contributed by atoms with van der Waals surface area (Å²) in [5.41, 5.74) is -0.310. The smallest absolute Gasteiger partial charge is 0.211 e. The lowest BCUT2D eigenvalue weighted by atomic mass is 9.93. The number of methoxy groups -OCH3 is 2. The van der Waals surface area contributed by atoms with Crippen molar-refractivity contribution in [2.75, 3.05) is 40.2 Å². The van der Waals surface area contributed by atoms with E-state index in [0.29, 0.717) is 32.5 Å². The first-order valence-corrected chi connectivity index (χ1v) is 7.77. The van der Waals surface area contributed by atoms with E-state index in [4.69, 9.17) is 9.47 Å². The predicted octanol–water partition coefficient (Wildman–Crippen LogP) is 1.10. The van der Waals surface area contributed by atoms with E-state index >= 15 is 0 Å². The van der Waals surface area contributed by atoms with Gasteiger partial charge in [-0.1, -0.05) is 13.8 Å². The molecule has 5 nitrogen and oxygen atoms in total. The Balaban J connectivity index is 0.00000121. The molecule has 0 bridgehead atoms. The van der Waals surface area contributed by atoms with E-state index in [-0.39, 0.29) is 5.60 Å². The molecule has 0 unspecified atom stereocenters. The van der Waals surface area contributed by atoms with Gasteiger partial charge < -0.3 is 9.47 Å². The molecule has 0 saturated carbocycles. The lowest BCUT2D eigenvalue weighted by Gasteiger charge is -2.39. The van der Waals surface area contributed by atoms with Crippen LogP contribution in [0.4, 0.5) is 0 Å². The van der Waals surface area contributed by atoms with Crippen molar-refractivity contribution in [2.24, 2.45) is 0 Å². The molecule has 0 spiro atoms. The molecule has 1 heterocycles. The van der Waals surface area contributed by atoms with Gasteiger partial charge in [-0.25, -0.2) is 12.7 Å². The van der Waals surface area contributed by atoms with Crippen LogP contribution in [0.15, 0.2) is 0 Å². The summed E-state index contributed by atoms with van der Waals surface area (Å²) >= 11 is 0. The highest BCUT2D eigenvalue weighted by atomic mass is 32.2. The van der Waals surface area contributed by atoms with Gasteiger partial charge in [-0.3, -0.25) is 0 Å². The van der Waals surface area contributed by atoms with Gasteiger partial charge in [-0.05, 0) is 12.8 Å². The first-order valence-electron chi connectivity index (χ1n) is 5.93. The standard InChI is InChI=1S/C9H19NO4S.C2H6/c1-13-8-9(14-2)4-6-10(7-5-9)15(3,11)12;1-2/h4-8H2,1-3H3;1-2H3. The number of hydrogen-bond donors (Lipinski definition) is 0. The summed E-state index contributed by atoms with van der Waals surface area (Å²) in [4.78, 5) is 0. The average Bonchev–Trinajstić information content (AvgIpc) is 2.31. The molecule has 0 aromatic carbocycles. The Morgan fingerprint density at radius 3 is 1.94 bits per heavy atom. The Labute approximate surface area is 105 Å². The van der Waals surface area contributed by atoms with Crippen molar-refractivity contribution < 1.29 is 17.9 Å². The lowest BCUT2D eigenvalue weighted by Crippen LogP contribution is -2.49. The fourth-order valence-corrected chi connectivity index (χ4v) is 2.74. The predicted molar refractivity (Wildman–Crippen MR) is 68.6 cm³/mol. The van der Waals surface area contributed by atoms with E-state index in [9.17, 15) is 8.42 Å². The molecule has 0 amide bonds.